The minimum Gasteiger partial charge on any atom is -0.395 e. The Morgan fingerprint density at radius 2 is 1.69 bits per heavy atom. The quantitative estimate of drug-likeness (QED) is 0.441. The van der Waals surface area contributed by atoms with E-state index in [9.17, 15) is 18.8 Å². The van der Waals surface area contributed by atoms with Gasteiger partial charge in [-0.15, -0.1) is 0 Å². The van der Waals surface area contributed by atoms with Gasteiger partial charge in [0.2, 0.25) is 5.91 Å². The van der Waals surface area contributed by atoms with Gasteiger partial charge in [-0.25, -0.2) is 4.39 Å². The molecule has 1 heterocycles. The van der Waals surface area contributed by atoms with Crippen LogP contribution in [0, 0.1) is 12.7 Å². The molecule has 0 spiro atoms. The van der Waals surface area contributed by atoms with Crippen LogP contribution in [0.3, 0.4) is 0 Å². The summed E-state index contributed by atoms with van der Waals surface area (Å²) >= 11 is 0.742. The number of nitrogens with one attached hydrogen (secondary N) is 1. The van der Waals surface area contributed by atoms with Crippen LogP contribution >= 0.6 is 11.5 Å². The number of halogens is 1. The van der Waals surface area contributed by atoms with Crippen LogP contribution in [0.5, 0.6) is 0 Å². The monoisotopic (exact) mass is 509 g/mol. The molecular formula is C26H28FN5O3S. The van der Waals surface area contributed by atoms with E-state index in [4.69, 9.17) is 11.5 Å². The Labute approximate surface area is 212 Å². The van der Waals surface area contributed by atoms with Crippen molar-refractivity contribution in [1.29, 1.82) is 0 Å². The second-order valence-corrected chi connectivity index (χ2v) is 9.72. The molecule has 3 amide bonds. The molecule has 8 nitrogen and oxygen atoms in total. The molecule has 10 heteroatoms. The molecule has 1 fully saturated rings. The normalized spacial score (nSPS) is 14.7. The number of nitrogens with zero attached hydrogens (tertiary/aromatic N) is 2. The van der Waals surface area contributed by atoms with Crippen molar-refractivity contribution < 1.29 is 18.8 Å². The number of hydrogen-bond acceptors (Lipinski definition) is 6. The summed E-state index contributed by atoms with van der Waals surface area (Å²) < 4.78 is 17.8. The van der Waals surface area contributed by atoms with Crippen molar-refractivity contribution in [3.8, 4) is 0 Å². The summed E-state index contributed by atoms with van der Waals surface area (Å²) in [4.78, 5) is 40.8. The van der Waals surface area contributed by atoms with E-state index in [0.717, 1.165) is 49.2 Å². The van der Waals surface area contributed by atoms with E-state index in [1.165, 1.54) is 29.2 Å². The highest BCUT2D eigenvalue weighted by atomic mass is 32.1. The molecule has 188 valence electrons. The van der Waals surface area contributed by atoms with Gasteiger partial charge in [0.15, 0.2) is 5.69 Å². The van der Waals surface area contributed by atoms with Gasteiger partial charge in [-0.05, 0) is 61.1 Å². The fraction of sp³-hybridized carbons (Fsp3) is 0.308. The zero-order valence-electron chi connectivity index (χ0n) is 19.9. The Bertz CT molecular complexity index is 1250. The molecule has 0 radical (unpaired) electrons. The molecule has 0 unspecified atom stereocenters. The van der Waals surface area contributed by atoms with Crippen LogP contribution in [0.25, 0.3) is 0 Å². The average molecular weight is 510 g/mol. The Morgan fingerprint density at radius 3 is 2.28 bits per heavy atom. The number of benzene rings is 2. The molecule has 2 aromatic carbocycles. The maximum absolute atomic E-state index is 14.0. The first-order chi connectivity index (χ1) is 17.3. The molecule has 0 saturated heterocycles. The molecule has 5 N–H and O–H groups in total. The molecule has 0 bridgehead atoms. The van der Waals surface area contributed by atoms with E-state index >= 15 is 0 Å². The second kappa shape index (κ2) is 10.9. The average Bonchev–Trinajstić information content (AvgIpc) is 3.26. The van der Waals surface area contributed by atoms with Crippen molar-refractivity contribution >= 4 is 40.6 Å². The number of nitrogens with two attached hydrogens (primary N) is 2. The van der Waals surface area contributed by atoms with Gasteiger partial charge in [0.05, 0.1) is 5.69 Å². The van der Waals surface area contributed by atoms with Crippen LogP contribution < -0.4 is 21.7 Å². The zero-order valence-corrected chi connectivity index (χ0v) is 20.7. The number of carbonyl (C=O) groups is 3. The fourth-order valence-electron chi connectivity index (χ4n) is 4.42. The number of aryl methyl sites for hydroxylation is 1. The topological polar surface area (TPSA) is 131 Å². The van der Waals surface area contributed by atoms with Crippen molar-refractivity contribution in [2.75, 3.05) is 10.6 Å². The Kier molecular flexibility index (Phi) is 7.64. The molecular weight excluding hydrogens is 481 g/mol. The SMILES string of the molecule is Cc1ccc(N(C(=O)c2snc(C(N)=O)c2N)[C@H](C(=O)NC2CCCCC2)c2ccc(F)cc2)cc1. The lowest BCUT2D eigenvalue weighted by Crippen LogP contribution is -2.47. The van der Waals surface area contributed by atoms with Gasteiger partial charge in [0.1, 0.15) is 16.7 Å². The third-order valence-corrected chi connectivity index (χ3v) is 7.18. The number of amides is 3. The lowest BCUT2D eigenvalue weighted by molar-refractivity contribution is -0.123. The van der Waals surface area contributed by atoms with Crippen LogP contribution in [-0.2, 0) is 4.79 Å². The maximum Gasteiger partial charge on any atom is 0.273 e. The highest BCUT2D eigenvalue weighted by molar-refractivity contribution is 7.09. The van der Waals surface area contributed by atoms with Gasteiger partial charge in [0, 0.05) is 11.7 Å². The summed E-state index contributed by atoms with van der Waals surface area (Å²) in [6, 6.07) is 11.4. The predicted octanol–water partition coefficient (Wildman–Crippen LogP) is 4.11. The predicted molar refractivity (Wildman–Crippen MR) is 137 cm³/mol. The lowest BCUT2D eigenvalue weighted by Gasteiger charge is -2.33. The summed E-state index contributed by atoms with van der Waals surface area (Å²) in [6.07, 6.45) is 4.85. The number of hydrogen-bond donors (Lipinski definition) is 3. The number of aromatic nitrogens is 1. The number of anilines is 2. The van der Waals surface area contributed by atoms with Gasteiger partial charge in [0.25, 0.3) is 11.8 Å². The van der Waals surface area contributed by atoms with Gasteiger partial charge < -0.3 is 16.8 Å². The van der Waals surface area contributed by atoms with E-state index in [1.54, 1.807) is 12.1 Å². The minimum absolute atomic E-state index is 0.0121. The standard InChI is InChI=1S/C26H28FN5O3S/c1-15-7-13-19(14-8-15)32(26(35)23-20(28)21(24(29)33)31-36-23)22(16-9-11-17(27)12-10-16)25(34)30-18-5-3-2-4-6-18/h7-14,18,22H,2-6,28H2,1H3,(H2,29,33)(H,30,34)/t22-/m0/s1. The second-order valence-electron chi connectivity index (χ2n) is 8.95. The zero-order chi connectivity index (χ0) is 25.8. The number of primary amides is 1. The highest BCUT2D eigenvalue weighted by Gasteiger charge is 2.36. The van der Waals surface area contributed by atoms with Gasteiger partial charge >= 0.3 is 0 Å². The first-order valence-electron chi connectivity index (χ1n) is 11.8. The molecule has 1 aliphatic carbocycles. The third-order valence-electron chi connectivity index (χ3n) is 6.33. The van der Waals surface area contributed by atoms with Crippen LogP contribution in [0.4, 0.5) is 15.8 Å². The van der Waals surface area contributed by atoms with Gasteiger partial charge in [-0.1, -0.05) is 49.1 Å². The van der Waals surface area contributed by atoms with Crippen molar-refractivity contribution in [1.82, 2.24) is 9.69 Å². The first kappa shape index (κ1) is 25.3. The summed E-state index contributed by atoms with van der Waals surface area (Å²) in [6.45, 7) is 1.91. The van der Waals surface area contributed by atoms with Crippen molar-refractivity contribution in [3.05, 3.63) is 76.0 Å². The van der Waals surface area contributed by atoms with Crippen LogP contribution in [0.1, 0.15) is 69.4 Å². The summed E-state index contributed by atoms with van der Waals surface area (Å²) in [5.74, 6) is -2.32. The summed E-state index contributed by atoms with van der Waals surface area (Å²) in [7, 11) is 0. The Morgan fingerprint density at radius 1 is 1.06 bits per heavy atom. The highest BCUT2D eigenvalue weighted by Crippen LogP contribution is 2.34. The number of nitrogen functional groups attached to an aromatic ring is 1. The minimum atomic E-state index is -1.12. The summed E-state index contributed by atoms with van der Waals surface area (Å²) in [5, 5.41) is 3.09. The molecule has 1 atom stereocenters. The van der Waals surface area contributed by atoms with E-state index in [1.807, 2.05) is 19.1 Å². The van der Waals surface area contributed by atoms with Crippen LogP contribution in [0.15, 0.2) is 48.5 Å². The fourth-order valence-corrected chi connectivity index (χ4v) is 5.16. The smallest absolute Gasteiger partial charge is 0.273 e. The number of rotatable bonds is 7. The largest absolute Gasteiger partial charge is 0.395 e. The van der Waals surface area contributed by atoms with Crippen LogP contribution in [-0.4, -0.2) is 28.1 Å². The molecule has 4 rings (SSSR count). The third kappa shape index (κ3) is 5.38. The van der Waals surface area contributed by atoms with E-state index in [0.29, 0.717) is 11.3 Å². The van der Waals surface area contributed by atoms with Crippen molar-refractivity contribution in [2.45, 2.75) is 51.1 Å². The first-order valence-corrected chi connectivity index (χ1v) is 12.5. The van der Waals surface area contributed by atoms with Crippen molar-refractivity contribution in [2.24, 2.45) is 5.73 Å². The van der Waals surface area contributed by atoms with Crippen molar-refractivity contribution in [3.63, 3.8) is 0 Å². The summed E-state index contributed by atoms with van der Waals surface area (Å²) in [5.41, 5.74) is 12.9. The number of carbonyl (C=O) groups excluding carboxylic acids is 3. The van der Waals surface area contributed by atoms with E-state index in [-0.39, 0.29) is 28.2 Å². The maximum atomic E-state index is 14.0. The molecule has 3 aromatic rings. The Balaban J connectivity index is 1.83. The van der Waals surface area contributed by atoms with Gasteiger partial charge in [-0.3, -0.25) is 19.3 Å². The molecule has 1 aliphatic rings. The van der Waals surface area contributed by atoms with Crippen LogP contribution in [0.2, 0.25) is 0 Å². The molecule has 0 aliphatic heterocycles. The molecule has 1 aromatic heterocycles. The van der Waals surface area contributed by atoms with E-state index in [2.05, 4.69) is 9.69 Å². The lowest BCUT2D eigenvalue weighted by atomic mass is 9.94. The van der Waals surface area contributed by atoms with E-state index < -0.39 is 23.7 Å². The molecule has 1 saturated carbocycles. The molecule has 36 heavy (non-hydrogen) atoms. The van der Waals surface area contributed by atoms with Gasteiger partial charge in [-0.2, -0.15) is 4.37 Å². The Hall–Kier alpha value is -3.79.